The third kappa shape index (κ3) is 4.64. The first kappa shape index (κ1) is 16.6. The van der Waals surface area contributed by atoms with Gasteiger partial charge in [-0.15, -0.1) is 0 Å². The second-order valence-electron chi connectivity index (χ2n) is 5.59. The lowest BCUT2D eigenvalue weighted by Crippen LogP contribution is -2.22. The standard InChI is InChI=1S/C20H18FN3O/c21-16-8-4-9-17(14-16)24-20(25)18-10-5-12-22-19(18)23-13-11-15-6-2-1-3-7-15/h1-10,12,14H,11,13H2,(H,22,23)(H,24,25)/p+1. The highest BCUT2D eigenvalue weighted by molar-refractivity contribution is 6.06. The topological polar surface area (TPSA) is 55.3 Å². The first-order chi connectivity index (χ1) is 12.2. The molecule has 1 aromatic heterocycles. The van der Waals surface area contributed by atoms with Gasteiger partial charge in [-0.05, 0) is 35.9 Å². The van der Waals surface area contributed by atoms with Crippen molar-refractivity contribution in [1.29, 1.82) is 0 Å². The number of anilines is 2. The molecule has 1 heterocycles. The zero-order valence-corrected chi connectivity index (χ0v) is 13.6. The summed E-state index contributed by atoms with van der Waals surface area (Å²) in [4.78, 5) is 15.5. The number of benzene rings is 2. The highest BCUT2D eigenvalue weighted by Crippen LogP contribution is 2.14. The number of carbonyl (C=O) groups excluding carboxylic acids is 1. The fraction of sp³-hybridized carbons (Fsp3) is 0.100. The molecule has 0 saturated carbocycles. The number of aromatic nitrogens is 1. The third-order valence-electron chi connectivity index (χ3n) is 3.74. The minimum Gasteiger partial charge on any atom is -0.322 e. The van der Waals surface area contributed by atoms with E-state index >= 15 is 0 Å². The summed E-state index contributed by atoms with van der Waals surface area (Å²) in [5.74, 6) is -0.0596. The minimum atomic E-state index is -0.390. The van der Waals surface area contributed by atoms with Crippen LogP contribution < -0.4 is 15.6 Å². The van der Waals surface area contributed by atoms with E-state index in [0.717, 1.165) is 6.42 Å². The van der Waals surface area contributed by atoms with Gasteiger partial charge in [0.2, 0.25) is 0 Å². The maximum absolute atomic E-state index is 13.3. The Morgan fingerprint density at radius 3 is 2.64 bits per heavy atom. The van der Waals surface area contributed by atoms with E-state index in [4.69, 9.17) is 0 Å². The predicted octanol–water partition coefficient (Wildman–Crippen LogP) is 3.55. The first-order valence-electron chi connectivity index (χ1n) is 8.08. The quantitative estimate of drug-likeness (QED) is 0.723. The molecule has 5 heteroatoms. The molecule has 0 bridgehead atoms. The Hall–Kier alpha value is -3.21. The van der Waals surface area contributed by atoms with Gasteiger partial charge in [-0.3, -0.25) is 10.1 Å². The lowest BCUT2D eigenvalue weighted by atomic mass is 10.1. The van der Waals surface area contributed by atoms with Crippen LogP contribution in [0.3, 0.4) is 0 Å². The molecule has 0 atom stereocenters. The molecule has 0 aliphatic rings. The molecule has 3 N–H and O–H groups in total. The number of aromatic amines is 1. The Balaban J connectivity index is 1.66. The van der Waals surface area contributed by atoms with Gasteiger partial charge in [-0.25, -0.2) is 9.37 Å². The average molecular weight is 336 g/mol. The number of hydrogen-bond donors (Lipinski definition) is 2. The van der Waals surface area contributed by atoms with Crippen LogP contribution in [0.25, 0.3) is 0 Å². The molecule has 0 radical (unpaired) electrons. The highest BCUT2D eigenvalue weighted by Gasteiger charge is 2.16. The van der Waals surface area contributed by atoms with Gasteiger partial charge < -0.3 is 5.32 Å². The van der Waals surface area contributed by atoms with Crippen molar-refractivity contribution < 1.29 is 14.2 Å². The van der Waals surface area contributed by atoms with E-state index in [2.05, 4.69) is 27.8 Å². The maximum atomic E-state index is 13.3. The summed E-state index contributed by atoms with van der Waals surface area (Å²) >= 11 is 0. The van der Waals surface area contributed by atoms with Gasteiger partial charge in [0.25, 0.3) is 11.7 Å². The number of pyridine rings is 1. The number of hydrogen-bond acceptors (Lipinski definition) is 2. The number of amides is 1. The molecule has 3 rings (SSSR count). The molecule has 3 aromatic rings. The van der Waals surface area contributed by atoms with Gasteiger partial charge in [0, 0.05) is 12.1 Å². The fourth-order valence-corrected chi connectivity index (χ4v) is 2.51. The van der Waals surface area contributed by atoms with Crippen molar-refractivity contribution >= 4 is 17.4 Å². The third-order valence-corrected chi connectivity index (χ3v) is 3.74. The van der Waals surface area contributed by atoms with Crippen LogP contribution in [0.15, 0.2) is 72.9 Å². The Labute approximate surface area is 145 Å². The van der Waals surface area contributed by atoms with Crippen molar-refractivity contribution in [1.82, 2.24) is 0 Å². The van der Waals surface area contributed by atoms with Crippen LogP contribution in [0.5, 0.6) is 0 Å². The molecule has 0 saturated heterocycles. The monoisotopic (exact) mass is 336 g/mol. The van der Waals surface area contributed by atoms with Crippen molar-refractivity contribution in [2.24, 2.45) is 0 Å². The molecular weight excluding hydrogens is 317 g/mol. The number of carbonyl (C=O) groups is 1. The predicted molar refractivity (Wildman–Crippen MR) is 96.0 cm³/mol. The van der Waals surface area contributed by atoms with E-state index in [-0.39, 0.29) is 5.91 Å². The zero-order valence-electron chi connectivity index (χ0n) is 13.6. The van der Waals surface area contributed by atoms with Crippen LogP contribution >= 0.6 is 0 Å². The smallest absolute Gasteiger partial charge is 0.285 e. The molecule has 2 aromatic carbocycles. The number of halogens is 1. The van der Waals surface area contributed by atoms with Gasteiger partial charge in [0.15, 0.2) is 0 Å². The first-order valence-corrected chi connectivity index (χ1v) is 8.08. The second kappa shape index (κ2) is 8.06. The Kier molecular flexibility index (Phi) is 5.36. The maximum Gasteiger partial charge on any atom is 0.285 e. The summed E-state index contributed by atoms with van der Waals surface area (Å²) in [5, 5.41) is 5.96. The second-order valence-corrected chi connectivity index (χ2v) is 5.59. The van der Waals surface area contributed by atoms with Gasteiger partial charge in [-0.1, -0.05) is 36.4 Å². The molecule has 4 nitrogen and oxygen atoms in total. The Morgan fingerprint density at radius 2 is 1.84 bits per heavy atom. The van der Waals surface area contributed by atoms with E-state index in [1.54, 1.807) is 30.5 Å². The Morgan fingerprint density at radius 1 is 1.00 bits per heavy atom. The van der Waals surface area contributed by atoms with Crippen LogP contribution in [0.4, 0.5) is 15.9 Å². The van der Waals surface area contributed by atoms with Gasteiger partial charge in [0.05, 0.1) is 12.7 Å². The fourth-order valence-electron chi connectivity index (χ4n) is 2.51. The largest absolute Gasteiger partial charge is 0.322 e. The molecule has 126 valence electrons. The van der Waals surface area contributed by atoms with Crippen LogP contribution in [0.1, 0.15) is 15.9 Å². The molecule has 0 aliphatic heterocycles. The SMILES string of the molecule is O=C(Nc1cccc(F)c1)c1ccc[nH+]c1NCCc1ccccc1. The highest BCUT2D eigenvalue weighted by atomic mass is 19.1. The van der Waals surface area contributed by atoms with Crippen molar-refractivity contribution in [3.8, 4) is 0 Å². The molecule has 25 heavy (non-hydrogen) atoms. The molecular formula is C20H19FN3O+. The lowest BCUT2D eigenvalue weighted by molar-refractivity contribution is -0.361. The summed E-state index contributed by atoms with van der Waals surface area (Å²) in [6, 6.07) is 19.4. The number of nitrogens with one attached hydrogen (secondary N) is 3. The van der Waals surface area contributed by atoms with Crippen LogP contribution in [-0.4, -0.2) is 12.5 Å². The normalized spacial score (nSPS) is 10.3. The molecule has 0 unspecified atom stereocenters. The molecule has 0 aliphatic carbocycles. The van der Waals surface area contributed by atoms with Gasteiger partial charge in [0.1, 0.15) is 11.4 Å². The van der Waals surface area contributed by atoms with Gasteiger partial charge >= 0.3 is 0 Å². The molecule has 0 spiro atoms. The summed E-state index contributed by atoms with van der Waals surface area (Å²) < 4.78 is 13.3. The van der Waals surface area contributed by atoms with Crippen molar-refractivity contribution in [2.75, 3.05) is 17.2 Å². The van der Waals surface area contributed by atoms with Crippen LogP contribution in [0.2, 0.25) is 0 Å². The zero-order chi connectivity index (χ0) is 17.5. The van der Waals surface area contributed by atoms with E-state index in [1.165, 1.54) is 17.7 Å². The van der Waals surface area contributed by atoms with Crippen molar-refractivity contribution in [2.45, 2.75) is 6.42 Å². The van der Waals surface area contributed by atoms with Crippen LogP contribution in [-0.2, 0) is 6.42 Å². The summed E-state index contributed by atoms with van der Waals surface area (Å²) in [7, 11) is 0. The lowest BCUT2D eigenvalue weighted by Gasteiger charge is -2.07. The molecule has 0 fully saturated rings. The van der Waals surface area contributed by atoms with Crippen molar-refractivity contribution in [3.05, 3.63) is 89.9 Å². The Bertz CT molecular complexity index is 852. The van der Waals surface area contributed by atoms with E-state index in [9.17, 15) is 9.18 Å². The minimum absolute atomic E-state index is 0.301. The van der Waals surface area contributed by atoms with E-state index in [0.29, 0.717) is 23.6 Å². The summed E-state index contributed by atoms with van der Waals surface area (Å²) in [6.07, 6.45) is 2.60. The van der Waals surface area contributed by atoms with Crippen LogP contribution in [0, 0.1) is 5.82 Å². The molecule has 1 amide bonds. The van der Waals surface area contributed by atoms with E-state index < -0.39 is 5.82 Å². The van der Waals surface area contributed by atoms with E-state index in [1.807, 2.05) is 18.2 Å². The number of rotatable bonds is 6. The number of H-pyrrole nitrogens is 1. The van der Waals surface area contributed by atoms with Crippen molar-refractivity contribution in [3.63, 3.8) is 0 Å². The van der Waals surface area contributed by atoms with Gasteiger partial charge in [-0.2, -0.15) is 0 Å². The summed E-state index contributed by atoms with van der Waals surface area (Å²) in [5.41, 5.74) is 2.11. The summed E-state index contributed by atoms with van der Waals surface area (Å²) in [6.45, 7) is 0.685. The average Bonchev–Trinajstić information content (AvgIpc) is 2.63.